The molecular weight excluding hydrogens is 281 g/mol. The fourth-order valence-electron chi connectivity index (χ4n) is 2.87. The molecule has 2 aliphatic heterocycles. The zero-order chi connectivity index (χ0) is 13.9. The summed E-state index contributed by atoms with van der Waals surface area (Å²) < 4.78 is 25.7. The molecule has 0 bridgehead atoms. The lowest BCUT2D eigenvalue weighted by Gasteiger charge is -2.24. The van der Waals surface area contributed by atoms with E-state index in [9.17, 15) is 4.39 Å². The van der Waals surface area contributed by atoms with Gasteiger partial charge in [0.25, 0.3) is 0 Å². The molecule has 0 spiro atoms. The van der Waals surface area contributed by atoms with Crippen LogP contribution in [0.2, 0.25) is 5.02 Å². The number of halogens is 2. The fraction of sp³-hybridized carbons (Fsp3) is 0.600. The van der Waals surface area contributed by atoms with E-state index in [1.165, 1.54) is 6.07 Å². The highest BCUT2D eigenvalue weighted by molar-refractivity contribution is 6.31. The Balaban J connectivity index is 1.92. The van der Waals surface area contributed by atoms with Gasteiger partial charge < -0.3 is 14.8 Å². The first kappa shape index (κ1) is 14.0. The molecule has 1 aromatic carbocycles. The van der Waals surface area contributed by atoms with E-state index in [1.54, 1.807) is 0 Å². The molecule has 20 heavy (non-hydrogen) atoms. The third kappa shape index (κ3) is 2.86. The van der Waals surface area contributed by atoms with E-state index in [1.807, 2.05) is 0 Å². The van der Waals surface area contributed by atoms with Crippen molar-refractivity contribution < 1.29 is 13.9 Å². The summed E-state index contributed by atoms with van der Waals surface area (Å²) in [5.74, 6) is 1.26. The van der Waals surface area contributed by atoms with Crippen LogP contribution in [0.5, 0.6) is 11.5 Å². The van der Waals surface area contributed by atoms with Crippen molar-refractivity contribution in [3.05, 3.63) is 22.5 Å². The first-order chi connectivity index (χ1) is 9.75. The van der Waals surface area contributed by atoms with Crippen molar-refractivity contribution >= 4 is 11.6 Å². The van der Waals surface area contributed by atoms with E-state index in [0.717, 1.165) is 32.4 Å². The quantitative estimate of drug-likeness (QED) is 0.910. The van der Waals surface area contributed by atoms with Crippen molar-refractivity contribution in [1.82, 2.24) is 5.32 Å². The Kier molecular flexibility index (Phi) is 4.32. The lowest BCUT2D eigenvalue weighted by Crippen LogP contribution is -2.29. The maximum Gasteiger partial charge on any atom is 0.167 e. The summed E-state index contributed by atoms with van der Waals surface area (Å²) >= 11 is 6.00. The van der Waals surface area contributed by atoms with Gasteiger partial charge in [-0.05, 0) is 38.3 Å². The van der Waals surface area contributed by atoms with Crippen LogP contribution in [0.1, 0.15) is 24.8 Å². The van der Waals surface area contributed by atoms with Crippen molar-refractivity contribution in [3.63, 3.8) is 0 Å². The molecule has 0 amide bonds. The number of hydrogen-bond acceptors (Lipinski definition) is 3. The molecular formula is C15H19ClFNO2. The van der Waals surface area contributed by atoms with Gasteiger partial charge in [0.05, 0.1) is 18.2 Å². The number of hydrogen-bond donors (Lipinski definition) is 1. The van der Waals surface area contributed by atoms with E-state index in [4.69, 9.17) is 21.1 Å². The van der Waals surface area contributed by atoms with Crippen molar-refractivity contribution in [1.29, 1.82) is 0 Å². The molecule has 0 unspecified atom stereocenters. The highest BCUT2D eigenvalue weighted by atomic mass is 35.5. The Morgan fingerprint density at radius 2 is 2.00 bits per heavy atom. The van der Waals surface area contributed by atoms with Gasteiger partial charge >= 0.3 is 0 Å². The van der Waals surface area contributed by atoms with Gasteiger partial charge in [0.1, 0.15) is 5.82 Å². The summed E-state index contributed by atoms with van der Waals surface area (Å²) in [5, 5.41) is 3.45. The summed E-state index contributed by atoms with van der Waals surface area (Å²) in [4.78, 5) is 0. The molecule has 3 rings (SSSR count). The summed E-state index contributed by atoms with van der Waals surface area (Å²) in [6.45, 7) is 3.13. The summed E-state index contributed by atoms with van der Waals surface area (Å²) in [6.07, 6.45) is 3.59. The molecule has 1 fully saturated rings. The molecule has 0 saturated carbocycles. The van der Waals surface area contributed by atoms with Crippen molar-refractivity contribution in [2.24, 2.45) is 5.92 Å². The maximum atomic E-state index is 14.4. The van der Waals surface area contributed by atoms with Gasteiger partial charge in [-0.1, -0.05) is 11.6 Å². The van der Waals surface area contributed by atoms with Crippen LogP contribution in [0, 0.1) is 11.7 Å². The molecule has 5 heteroatoms. The van der Waals surface area contributed by atoms with Crippen LogP contribution in [-0.4, -0.2) is 26.3 Å². The molecule has 3 nitrogen and oxygen atoms in total. The maximum absolute atomic E-state index is 14.4. The lowest BCUT2D eigenvalue weighted by molar-refractivity contribution is 0.294. The van der Waals surface area contributed by atoms with Gasteiger partial charge in [0.15, 0.2) is 11.5 Å². The zero-order valence-electron chi connectivity index (χ0n) is 11.4. The monoisotopic (exact) mass is 299 g/mol. The predicted octanol–water partition coefficient (Wildman–Crippen LogP) is 3.18. The van der Waals surface area contributed by atoms with E-state index < -0.39 is 0 Å². The van der Waals surface area contributed by atoms with Crippen LogP contribution in [0.25, 0.3) is 0 Å². The van der Waals surface area contributed by atoms with Crippen LogP contribution in [0.4, 0.5) is 4.39 Å². The minimum absolute atomic E-state index is 0.123. The number of fused-ring (bicyclic) bond motifs is 1. The number of piperidine rings is 1. The highest BCUT2D eigenvalue weighted by Crippen LogP contribution is 2.40. The lowest BCUT2D eigenvalue weighted by atomic mass is 9.90. The molecule has 1 saturated heterocycles. The van der Waals surface area contributed by atoms with E-state index in [0.29, 0.717) is 42.6 Å². The van der Waals surface area contributed by atoms with Crippen molar-refractivity contribution in [2.75, 3.05) is 26.3 Å². The molecule has 2 aliphatic rings. The number of rotatable bonds is 2. The largest absolute Gasteiger partial charge is 0.489 e. The SMILES string of the molecule is Fc1c(Cl)cc2c(c1CC1CCNCC1)OCCCO2. The molecule has 1 aromatic rings. The van der Waals surface area contributed by atoms with E-state index >= 15 is 0 Å². The average Bonchev–Trinajstić information content (AvgIpc) is 2.70. The van der Waals surface area contributed by atoms with Gasteiger partial charge in [0.2, 0.25) is 0 Å². The molecule has 0 aromatic heterocycles. The second-order valence-electron chi connectivity index (χ2n) is 5.43. The average molecular weight is 300 g/mol. The number of ether oxygens (including phenoxy) is 2. The van der Waals surface area contributed by atoms with Gasteiger partial charge in [-0.3, -0.25) is 0 Å². The van der Waals surface area contributed by atoms with Gasteiger partial charge in [-0.2, -0.15) is 0 Å². The third-order valence-corrected chi connectivity index (χ3v) is 4.25. The van der Waals surface area contributed by atoms with Crippen LogP contribution in [0.3, 0.4) is 0 Å². The van der Waals surface area contributed by atoms with Gasteiger partial charge in [0, 0.05) is 18.1 Å². The zero-order valence-corrected chi connectivity index (χ0v) is 12.1. The molecule has 2 heterocycles. The van der Waals surface area contributed by atoms with Crippen LogP contribution in [0.15, 0.2) is 6.07 Å². The predicted molar refractivity (Wildman–Crippen MR) is 76.3 cm³/mol. The van der Waals surface area contributed by atoms with Crippen LogP contribution < -0.4 is 14.8 Å². The third-order valence-electron chi connectivity index (χ3n) is 3.97. The topological polar surface area (TPSA) is 30.5 Å². The minimum atomic E-state index is -0.352. The van der Waals surface area contributed by atoms with Crippen molar-refractivity contribution in [3.8, 4) is 11.5 Å². The molecule has 0 atom stereocenters. The van der Waals surface area contributed by atoms with Gasteiger partial charge in [-0.25, -0.2) is 4.39 Å². The molecule has 110 valence electrons. The fourth-order valence-corrected chi connectivity index (χ4v) is 3.09. The minimum Gasteiger partial charge on any atom is -0.489 e. The van der Waals surface area contributed by atoms with Gasteiger partial charge in [-0.15, -0.1) is 0 Å². The summed E-state index contributed by atoms with van der Waals surface area (Å²) in [7, 11) is 0. The molecule has 0 aliphatic carbocycles. The van der Waals surface area contributed by atoms with Crippen LogP contribution >= 0.6 is 11.6 Å². The Bertz CT molecular complexity index is 489. The Morgan fingerprint density at radius 1 is 1.25 bits per heavy atom. The Labute approximate surface area is 123 Å². The first-order valence-electron chi connectivity index (χ1n) is 7.23. The smallest absolute Gasteiger partial charge is 0.167 e. The van der Waals surface area contributed by atoms with Crippen molar-refractivity contribution in [2.45, 2.75) is 25.7 Å². The first-order valence-corrected chi connectivity index (χ1v) is 7.60. The standard InChI is InChI=1S/C15H19ClFNO2/c16-12-9-13-15(20-7-1-6-19-13)11(14(12)17)8-10-2-4-18-5-3-10/h9-10,18H,1-8H2. The second-order valence-corrected chi connectivity index (χ2v) is 5.83. The normalized spacial score (nSPS) is 19.7. The van der Waals surface area contributed by atoms with E-state index in [-0.39, 0.29) is 10.8 Å². The molecule has 0 radical (unpaired) electrons. The number of nitrogens with one attached hydrogen (secondary N) is 1. The highest BCUT2D eigenvalue weighted by Gasteiger charge is 2.25. The second kappa shape index (κ2) is 6.19. The Morgan fingerprint density at radius 3 is 2.80 bits per heavy atom. The molecule has 1 N–H and O–H groups in total. The Hall–Kier alpha value is -1.00. The van der Waals surface area contributed by atoms with Crippen LogP contribution in [-0.2, 0) is 6.42 Å². The summed E-state index contributed by atoms with van der Waals surface area (Å²) in [6, 6.07) is 1.53. The number of benzene rings is 1. The summed E-state index contributed by atoms with van der Waals surface area (Å²) in [5.41, 5.74) is 0.585. The van der Waals surface area contributed by atoms with E-state index in [2.05, 4.69) is 5.32 Å².